The van der Waals surface area contributed by atoms with Gasteiger partial charge in [0.2, 0.25) is 5.95 Å². The number of nitrogens with zero attached hydrogens (tertiary/aromatic N) is 2. The lowest BCUT2D eigenvalue weighted by Gasteiger charge is -2.06. The molecule has 1 N–H and O–H groups in total. The fraction of sp³-hybridized carbons (Fsp3) is 0.429. The van der Waals surface area contributed by atoms with E-state index >= 15 is 0 Å². The van der Waals surface area contributed by atoms with E-state index in [-0.39, 0.29) is 29.9 Å². The van der Waals surface area contributed by atoms with Crippen LogP contribution in [0, 0.1) is 5.95 Å². The van der Waals surface area contributed by atoms with Crippen LogP contribution in [0.3, 0.4) is 0 Å². The molecule has 3 nitrogen and oxygen atoms in total. The molecule has 0 aliphatic heterocycles. The molecule has 1 rings (SSSR count). The molecule has 0 atom stereocenters. The molecule has 8 heteroatoms. The Hall–Kier alpha value is -1.05. The van der Waals surface area contributed by atoms with Crippen molar-refractivity contribution in [3.8, 4) is 0 Å². The fourth-order valence-electron chi connectivity index (χ4n) is 0.776. The Labute approximate surface area is 87.3 Å². The second-order valence-electron chi connectivity index (χ2n) is 2.45. The predicted octanol–water partition coefficient (Wildman–Crippen LogP) is 2.28. The Kier molecular flexibility index (Phi) is 4.13. The van der Waals surface area contributed by atoms with Gasteiger partial charge in [0, 0.05) is 18.4 Å². The maximum Gasteiger partial charge on any atom is 0.441 e. The van der Waals surface area contributed by atoms with Gasteiger partial charge in [0.15, 0.2) is 0 Å². The first-order chi connectivity index (χ1) is 6.97. The van der Waals surface area contributed by atoms with E-state index < -0.39 is 11.5 Å². The van der Waals surface area contributed by atoms with Crippen LogP contribution >= 0.6 is 11.8 Å². The van der Waals surface area contributed by atoms with Gasteiger partial charge in [-0.2, -0.15) is 17.6 Å². The molecule has 15 heavy (non-hydrogen) atoms. The molecule has 84 valence electrons. The van der Waals surface area contributed by atoms with E-state index in [0.717, 1.165) is 12.4 Å². The summed E-state index contributed by atoms with van der Waals surface area (Å²) in [6.45, 7) is 0.0562. The Morgan fingerprint density at radius 2 is 2.07 bits per heavy atom. The summed E-state index contributed by atoms with van der Waals surface area (Å²) in [6.07, 6.45) is 0.995. The van der Waals surface area contributed by atoms with Crippen LogP contribution in [-0.2, 0) is 0 Å². The normalized spacial score (nSPS) is 11.5. The molecule has 0 saturated carbocycles. The number of aromatic nitrogens is 2. The van der Waals surface area contributed by atoms with Gasteiger partial charge in [-0.25, -0.2) is 9.97 Å². The van der Waals surface area contributed by atoms with Gasteiger partial charge in [0.25, 0.3) is 0 Å². The number of thioether (sulfide) groups is 1. The maximum absolute atomic E-state index is 12.5. The van der Waals surface area contributed by atoms with Crippen molar-refractivity contribution in [3.63, 3.8) is 0 Å². The van der Waals surface area contributed by atoms with E-state index in [9.17, 15) is 17.6 Å². The second kappa shape index (κ2) is 5.15. The minimum absolute atomic E-state index is 0.0562. The van der Waals surface area contributed by atoms with Gasteiger partial charge in [0.05, 0.1) is 0 Å². The Bertz CT molecular complexity index is 317. The summed E-state index contributed by atoms with van der Waals surface area (Å²) in [5, 5.41) is 2.55. The van der Waals surface area contributed by atoms with Crippen LogP contribution in [0.2, 0.25) is 0 Å². The predicted molar refractivity (Wildman–Crippen MR) is 49.0 cm³/mol. The van der Waals surface area contributed by atoms with Crippen LogP contribution in [0.15, 0.2) is 12.4 Å². The molecule has 1 heterocycles. The third-order valence-electron chi connectivity index (χ3n) is 1.31. The van der Waals surface area contributed by atoms with Crippen molar-refractivity contribution in [1.82, 2.24) is 9.97 Å². The van der Waals surface area contributed by atoms with E-state index in [1.54, 1.807) is 0 Å². The summed E-state index contributed by atoms with van der Waals surface area (Å²) < 4.78 is 47.6. The van der Waals surface area contributed by atoms with Crippen LogP contribution in [0.4, 0.5) is 23.4 Å². The van der Waals surface area contributed by atoms with Gasteiger partial charge in [-0.3, -0.25) is 0 Å². The van der Waals surface area contributed by atoms with E-state index in [0.29, 0.717) is 0 Å². The maximum atomic E-state index is 12.5. The quantitative estimate of drug-likeness (QED) is 0.498. The highest BCUT2D eigenvalue weighted by Gasteiger charge is 2.27. The van der Waals surface area contributed by atoms with Crippen molar-refractivity contribution in [1.29, 1.82) is 0 Å². The van der Waals surface area contributed by atoms with Gasteiger partial charge in [-0.15, -0.1) is 0 Å². The lowest BCUT2D eigenvalue weighted by Crippen LogP contribution is -2.10. The van der Waals surface area contributed by atoms with Gasteiger partial charge >= 0.3 is 5.51 Å². The van der Waals surface area contributed by atoms with Crippen LogP contribution in [0.25, 0.3) is 0 Å². The first kappa shape index (κ1) is 12.0. The van der Waals surface area contributed by atoms with Gasteiger partial charge in [-0.1, -0.05) is 0 Å². The number of halogens is 4. The zero-order valence-electron chi connectivity index (χ0n) is 7.38. The van der Waals surface area contributed by atoms with Crippen molar-refractivity contribution in [3.05, 3.63) is 18.3 Å². The highest BCUT2D eigenvalue weighted by molar-refractivity contribution is 8.00. The van der Waals surface area contributed by atoms with E-state index in [4.69, 9.17) is 0 Å². The van der Waals surface area contributed by atoms with Crippen LogP contribution < -0.4 is 5.32 Å². The van der Waals surface area contributed by atoms with Crippen molar-refractivity contribution in [2.75, 3.05) is 17.6 Å². The summed E-state index contributed by atoms with van der Waals surface area (Å²) in [6, 6.07) is 1.01. The van der Waals surface area contributed by atoms with Gasteiger partial charge < -0.3 is 5.32 Å². The Morgan fingerprint density at radius 3 is 2.67 bits per heavy atom. The molecule has 0 fully saturated rings. The monoisotopic (exact) mass is 241 g/mol. The third kappa shape index (κ3) is 5.40. The molecule has 0 aliphatic rings. The second-order valence-corrected chi connectivity index (χ2v) is 3.61. The lowest BCUT2D eigenvalue weighted by molar-refractivity contribution is -0.0327. The smallest absolute Gasteiger partial charge is 0.369 e. The number of hydrogen-bond acceptors (Lipinski definition) is 4. The molecule has 0 bridgehead atoms. The Morgan fingerprint density at radius 1 is 1.33 bits per heavy atom. The largest absolute Gasteiger partial charge is 0.441 e. The first-order valence-corrected chi connectivity index (χ1v) is 4.88. The SMILES string of the molecule is Fc1cc(NCCSC(F)(F)F)ncn1. The minimum atomic E-state index is -4.24. The molecular formula is C7H7F4N3S. The third-order valence-corrected chi connectivity index (χ3v) is 2.04. The summed E-state index contributed by atoms with van der Waals surface area (Å²) >= 11 is -0.143. The minimum Gasteiger partial charge on any atom is -0.369 e. The first-order valence-electron chi connectivity index (χ1n) is 3.89. The van der Waals surface area contributed by atoms with Crippen LogP contribution in [0.1, 0.15) is 0 Å². The molecule has 0 unspecified atom stereocenters. The molecule has 1 aromatic heterocycles. The number of rotatable bonds is 4. The highest BCUT2D eigenvalue weighted by atomic mass is 32.2. The van der Waals surface area contributed by atoms with Crippen molar-refractivity contribution >= 4 is 17.6 Å². The zero-order valence-corrected chi connectivity index (χ0v) is 8.20. The summed E-state index contributed by atoms with van der Waals surface area (Å²) in [5.74, 6) is -0.712. The zero-order chi connectivity index (χ0) is 11.3. The van der Waals surface area contributed by atoms with Crippen molar-refractivity contribution in [2.45, 2.75) is 5.51 Å². The number of hydrogen-bond donors (Lipinski definition) is 1. The molecule has 0 spiro atoms. The van der Waals surface area contributed by atoms with Crippen LogP contribution in [0.5, 0.6) is 0 Å². The standard InChI is InChI=1S/C7H7F4N3S/c8-5-3-6(14-4-13-5)12-1-2-15-7(9,10)11/h3-4H,1-2H2,(H,12,13,14). The van der Waals surface area contributed by atoms with E-state index in [1.807, 2.05) is 0 Å². The van der Waals surface area contributed by atoms with Gasteiger partial charge in [0.1, 0.15) is 12.1 Å². The topological polar surface area (TPSA) is 37.8 Å². The number of nitrogens with one attached hydrogen (secondary N) is 1. The summed E-state index contributed by atoms with van der Waals surface area (Å²) in [4.78, 5) is 6.83. The fourth-order valence-corrected chi connectivity index (χ4v) is 1.21. The molecule has 0 saturated heterocycles. The highest BCUT2D eigenvalue weighted by Crippen LogP contribution is 2.29. The lowest BCUT2D eigenvalue weighted by atomic mass is 10.5. The number of alkyl halides is 3. The Balaban J connectivity index is 2.26. The van der Waals surface area contributed by atoms with E-state index in [2.05, 4.69) is 15.3 Å². The summed E-state index contributed by atoms with van der Waals surface area (Å²) in [7, 11) is 0. The molecule has 1 aromatic rings. The summed E-state index contributed by atoms with van der Waals surface area (Å²) in [5.41, 5.74) is -4.24. The molecule has 0 radical (unpaired) electrons. The number of anilines is 1. The van der Waals surface area contributed by atoms with Crippen molar-refractivity contribution < 1.29 is 17.6 Å². The average molecular weight is 241 g/mol. The van der Waals surface area contributed by atoms with E-state index in [1.165, 1.54) is 0 Å². The molecule has 0 aliphatic carbocycles. The molecule has 0 aromatic carbocycles. The molecule has 0 amide bonds. The average Bonchev–Trinajstić information content (AvgIpc) is 2.11. The van der Waals surface area contributed by atoms with Gasteiger partial charge in [-0.05, 0) is 11.8 Å². The van der Waals surface area contributed by atoms with Crippen LogP contribution in [-0.4, -0.2) is 27.8 Å². The van der Waals surface area contributed by atoms with Crippen molar-refractivity contribution in [2.24, 2.45) is 0 Å². The molecular weight excluding hydrogens is 234 g/mol.